The van der Waals surface area contributed by atoms with Crippen LogP contribution in [0.2, 0.25) is 1.41 Å². The fourth-order valence-electron chi connectivity index (χ4n) is 5.87. The van der Waals surface area contributed by atoms with E-state index < -0.39 is 0 Å². The molecule has 1 atom stereocenters. The van der Waals surface area contributed by atoms with E-state index in [-0.39, 0.29) is 12.1 Å². The van der Waals surface area contributed by atoms with Crippen molar-refractivity contribution in [3.8, 4) is 11.4 Å². The van der Waals surface area contributed by atoms with E-state index in [4.69, 9.17) is 7.15 Å². The summed E-state index contributed by atoms with van der Waals surface area (Å²) in [6, 6.07) is 13.8. The number of tetrazole rings is 1. The Balaban J connectivity index is 1.31. The van der Waals surface area contributed by atoms with Gasteiger partial charge in [0.15, 0.2) is 0 Å². The van der Waals surface area contributed by atoms with Crippen LogP contribution in [0.3, 0.4) is 0 Å². The number of nitrogen functional groups attached to an aromatic ring is 1. The van der Waals surface area contributed by atoms with Crippen LogP contribution in [-0.4, -0.2) is 63.8 Å². The number of amides is 1. The first kappa shape index (κ1) is 23.8. The van der Waals surface area contributed by atoms with Gasteiger partial charge in [-0.1, -0.05) is 38.8 Å². The molecule has 1 saturated heterocycles. The number of nitrogens with one attached hydrogen (secondary N) is 1. The van der Waals surface area contributed by atoms with E-state index in [0.29, 0.717) is 17.4 Å². The summed E-state index contributed by atoms with van der Waals surface area (Å²) in [4.78, 5) is 20.7. The number of aromatic nitrogens is 4. The predicted molar refractivity (Wildman–Crippen MR) is 147 cm³/mol. The van der Waals surface area contributed by atoms with Crippen molar-refractivity contribution in [2.45, 2.75) is 58.5 Å². The van der Waals surface area contributed by atoms with Crippen LogP contribution in [-0.2, 0) is 0 Å². The van der Waals surface area contributed by atoms with Crippen molar-refractivity contribution in [3.05, 3.63) is 48.0 Å². The van der Waals surface area contributed by atoms with Gasteiger partial charge in [-0.2, -0.15) is 5.21 Å². The Bertz CT molecular complexity index is 1260. The fraction of sp³-hybridized carbons (Fsp3) is 0.500. The van der Waals surface area contributed by atoms with Gasteiger partial charge in [-0.05, 0) is 67.1 Å². The standard InChI is InChI=1S/C28H38N8O/c1-3-5-8-15-35-25-12-11-21(29)18-23(25)28(37)36(26(35)4-2)19-20-13-16-34(17-14-20)24-10-7-6-9-22(24)27-30-32-33-31-27/h6-7,9-12,18,20,26H,3-5,8,13-17,19,29H2,1-2H3,(H,30,31,32,33)/i/hT. The zero-order chi connectivity index (χ0) is 26.6. The molecule has 3 N–H and O–H groups in total. The second-order valence-electron chi connectivity index (χ2n) is 10.2. The minimum atomic E-state index is 0.0628. The number of benzene rings is 2. The number of nitrogens with two attached hydrogens (primary N) is 1. The van der Waals surface area contributed by atoms with Gasteiger partial charge < -0.3 is 20.4 Å². The second kappa shape index (κ2) is 11.2. The first-order valence-corrected chi connectivity index (χ1v) is 13.6. The van der Waals surface area contributed by atoms with E-state index in [1.165, 1.54) is 12.8 Å². The van der Waals surface area contributed by atoms with Crippen molar-refractivity contribution < 1.29 is 6.21 Å². The molecule has 0 spiro atoms. The number of fused-ring (bicyclic) bond motifs is 1. The van der Waals surface area contributed by atoms with Gasteiger partial charge in [0.25, 0.3) is 5.91 Å². The van der Waals surface area contributed by atoms with Gasteiger partial charge in [0.1, 0.15) is 6.17 Å². The summed E-state index contributed by atoms with van der Waals surface area (Å²) >= 11 is 0. The second-order valence-corrected chi connectivity index (χ2v) is 10.2. The lowest BCUT2D eigenvalue weighted by molar-refractivity contribution is 0.0591. The Labute approximate surface area is 220 Å². The van der Waals surface area contributed by atoms with Gasteiger partial charge in [0, 0.05) is 43.1 Å². The summed E-state index contributed by atoms with van der Waals surface area (Å²) in [5.41, 5.74) is 10.4. The highest BCUT2D eigenvalue weighted by Crippen LogP contribution is 2.36. The average Bonchev–Trinajstić information content (AvgIpc) is 3.37. The smallest absolute Gasteiger partial charge is 0.257 e. The van der Waals surface area contributed by atoms with Crippen molar-refractivity contribution in [1.29, 1.82) is 0 Å². The lowest BCUT2D eigenvalue weighted by Crippen LogP contribution is -2.57. The fourth-order valence-corrected chi connectivity index (χ4v) is 5.87. The number of hydrogen-bond acceptors (Lipinski definition) is 7. The maximum Gasteiger partial charge on any atom is 0.257 e. The minimum Gasteiger partial charge on any atom is -0.399 e. The molecule has 1 aromatic heterocycles. The van der Waals surface area contributed by atoms with Crippen molar-refractivity contribution in [2.24, 2.45) is 5.92 Å². The Morgan fingerprint density at radius 2 is 1.86 bits per heavy atom. The maximum absolute atomic E-state index is 13.8. The number of carbonyl (C=O) groups is 1. The zero-order valence-electron chi connectivity index (χ0n) is 22.9. The number of aromatic amines is 1. The van der Waals surface area contributed by atoms with E-state index in [0.717, 1.165) is 79.6 Å². The number of carbonyl (C=O) groups excluding carboxylic acids is 1. The first-order chi connectivity index (χ1) is 18.5. The molecule has 196 valence electrons. The van der Waals surface area contributed by atoms with Crippen LogP contribution in [0.4, 0.5) is 17.1 Å². The van der Waals surface area contributed by atoms with Crippen molar-refractivity contribution in [3.63, 3.8) is 0 Å². The van der Waals surface area contributed by atoms with Gasteiger partial charge >= 0.3 is 0 Å². The third-order valence-electron chi connectivity index (χ3n) is 7.78. The van der Waals surface area contributed by atoms with E-state index in [1.807, 2.05) is 36.4 Å². The minimum absolute atomic E-state index is 0.0628. The van der Waals surface area contributed by atoms with E-state index >= 15 is 0 Å². The number of piperidine rings is 1. The normalized spacial score (nSPS) is 18.8. The van der Waals surface area contributed by atoms with Crippen molar-refractivity contribution in [2.75, 3.05) is 41.7 Å². The van der Waals surface area contributed by atoms with Gasteiger partial charge in [-0.25, -0.2) is 0 Å². The molecule has 0 saturated carbocycles. The lowest BCUT2D eigenvalue weighted by Gasteiger charge is -2.47. The summed E-state index contributed by atoms with van der Waals surface area (Å²) in [5.74, 6) is 0.982. The Morgan fingerprint density at radius 3 is 2.59 bits per heavy atom. The molecule has 1 unspecified atom stereocenters. The largest absolute Gasteiger partial charge is 0.399 e. The molecule has 9 nitrogen and oxygen atoms in total. The number of hydrogen-bond donors (Lipinski definition) is 2. The topological polar surface area (TPSA) is 107 Å². The highest BCUT2D eigenvalue weighted by Gasteiger charge is 2.38. The van der Waals surface area contributed by atoms with Gasteiger partial charge in [0.05, 0.1) is 11.3 Å². The van der Waals surface area contributed by atoms with Crippen molar-refractivity contribution >= 4 is 23.0 Å². The average molecular weight is 505 g/mol. The molecule has 3 aromatic rings. The number of para-hydroxylation sites is 1. The molecule has 0 radical (unpaired) electrons. The summed E-state index contributed by atoms with van der Waals surface area (Å²) < 4.78 is 7.57. The number of anilines is 3. The van der Waals surface area contributed by atoms with E-state index in [1.54, 1.807) is 0 Å². The van der Waals surface area contributed by atoms with Crippen LogP contribution in [0.25, 0.3) is 11.4 Å². The van der Waals surface area contributed by atoms with Gasteiger partial charge in [0.2, 0.25) is 7.24 Å². The quantitative estimate of drug-likeness (QED) is 0.325. The Kier molecular flexibility index (Phi) is 7.19. The number of rotatable bonds is 9. The zero-order valence-corrected chi connectivity index (χ0v) is 21.9. The molecule has 2 aromatic carbocycles. The van der Waals surface area contributed by atoms with Gasteiger partial charge in [-0.3, -0.25) is 4.79 Å². The molecule has 0 bridgehead atoms. The SMILES string of the molecule is [3H]n1nnc(-c2ccccc2N2CCC(CN3C(=O)c4cc(N)ccc4N(CCCCC)C3CC)CC2)n1. The first-order valence-electron chi connectivity index (χ1n) is 14.1. The highest BCUT2D eigenvalue weighted by atomic mass is 16.2. The summed E-state index contributed by atoms with van der Waals surface area (Å²) in [5, 5.41) is 12.6. The molecule has 1 fully saturated rings. The van der Waals surface area contributed by atoms with Crippen LogP contribution in [0.5, 0.6) is 0 Å². The monoisotopic (exact) mass is 504 g/mol. The number of H-pyrrole nitrogens is 1. The predicted octanol–water partition coefficient (Wildman–Crippen LogP) is 4.55. The number of unbranched alkanes of at least 4 members (excludes halogenated alkanes) is 2. The molecule has 5 rings (SSSR count). The summed E-state index contributed by atoms with van der Waals surface area (Å²) in [6.45, 7) is 7.87. The molecular weight excluding hydrogens is 464 g/mol. The summed E-state index contributed by atoms with van der Waals surface area (Å²) in [7, 11) is 0. The highest BCUT2D eigenvalue weighted by molar-refractivity contribution is 6.02. The molecule has 0 aliphatic carbocycles. The Morgan fingerprint density at radius 1 is 1.05 bits per heavy atom. The number of nitrogens with zero attached hydrogens (tertiary/aromatic N) is 6. The Hall–Kier alpha value is -3.62. The molecule has 3 heterocycles. The molecule has 37 heavy (non-hydrogen) atoms. The van der Waals surface area contributed by atoms with E-state index in [2.05, 4.69) is 50.0 Å². The van der Waals surface area contributed by atoms with Crippen LogP contribution in [0.15, 0.2) is 42.5 Å². The van der Waals surface area contributed by atoms with Crippen molar-refractivity contribution in [1.82, 2.24) is 25.5 Å². The third kappa shape index (κ3) is 5.12. The molecule has 1 amide bonds. The van der Waals surface area contributed by atoms with Crippen LogP contribution in [0.1, 0.15) is 62.7 Å². The maximum atomic E-state index is 13.8. The van der Waals surface area contributed by atoms with E-state index in [9.17, 15) is 4.79 Å². The lowest BCUT2D eigenvalue weighted by atomic mass is 9.93. The van der Waals surface area contributed by atoms with Crippen LogP contribution < -0.4 is 15.5 Å². The van der Waals surface area contributed by atoms with Crippen LogP contribution >= 0.6 is 0 Å². The van der Waals surface area contributed by atoms with Gasteiger partial charge in [-0.15, -0.1) is 10.2 Å². The molecule has 2 aliphatic rings. The molecule has 9 heteroatoms. The molecule has 2 aliphatic heterocycles. The molecular formula is C28H38N8O. The van der Waals surface area contributed by atoms with Crippen LogP contribution in [0, 0.1) is 5.92 Å². The third-order valence-corrected chi connectivity index (χ3v) is 7.78. The summed E-state index contributed by atoms with van der Waals surface area (Å²) in [6.07, 6.45) is 6.39.